The maximum Gasteiger partial charge on any atom is 0.422 e. The van der Waals surface area contributed by atoms with Gasteiger partial charge in [0.2, 0.25) is 5.91 Å². The topological polar surface area (TPSA) is 58.6 Å². The van der Waals surface area contributed by atoms with Crippen LogP contribution in [0.4, 0.5) is 18.0 Å². The Bertz CT molecular complexity index is 604. The van der Waals surface area contributed by atoms with Crippen LogP contribution in [0, 0.1) is 0 Å². The summed E-state index contributed by atoms with van der Waals surface area (Å²) >= 11 is 0. The van der Waals surface area contributed by atoms with Crippen LogP contribution in [-0.2, 0) is 16.0 Å². The lowest BCUT2D eigenvalue weighted by Gasteiger charge is -2.25. The van der Waals surface area contributed by atoms with Gasteiger partial charge in [0, 0.05) is 20.0 Å². The first-order chi connectivity index (χ1) is 11.3. The summed E-state index contributed by atoms with van der Waals surface area (Å²) in [4.78, 5) is 24.9. The number of fused-ring (bicyclic) bond motifs is 1. The Morgan fingerprint density at radius 3 is 2.75 bits per heavy atom. The molecule has 0 fully saturated rings. The standard InChI is InChI=1S/C16H19F3N2O3/c1-21(13-7-6-11-4-2-3-5-12(11)13)14(22)8-9-20-15(23)24-10-16(17,18)19/h2-5,13H,6-10H2,1H3,(H,20,23). The molecule has 24 heavy (non-hydrogen) atoms. The highest BCUT2D eigenvalue weighted by atomic mass is 19.4. The number of rotatable bonds is 5. The van der Waals surface area contributed by atoms with Gasteiger partial charge in [-0.3, -0.25) is 4.79 Å². The Hall–Kier alpha value is -2.25. The third-order valence-electron chi connectivity index (χ3n) is 3.94. The van der Waals surface area contributed by atoms with Crippen molar-refractivity contribution in [3.63, 3.8) is 0 Å². The van der Waals surface area contributed by atoms with E-state index in [-0.39, 0.29) is 24.9 Å². The van der Waals surface area contributed by atoms with Gasteiger partial charge in [0.1, 0.15) is 0 Å². The molecule has 2 rings (SSSR count). The van der Waals surface area contributed by atoms with Crippen molar-refractivity contribution in [1.82, 2.24) is 10.2 Å². The van der Waals surface area contributed by atoms with E-state index in [4.69, 9.17) is 0 Å². The lowest BCUT2D eigenvalue weighted by molar-refractivity contribution is -0.160. The molecule has 1 aliphatic rings. The van der Waals surface area contributed by atoms with Gasteiger partial charge >= 0.3 is 12.3 Å². The molecule has 1 aromatic rings. The van der Waals surface area contributed by atoms with Crippen LogP contribution in [0.1, 0.15) is 30.0 Å². The predicted molar refractivity (Wildman–Crippen MR) is 80.3 cm³/mol. The van der Waals surface area contributed by atoms with E-state index in [1.165, 1.54) is 5.56 Å². The summed E-state index contributed by atoms with van der Waals surface area (Å²) in [5.74, 6) is -0.187. The SMILES string of the molecule is CN(C(=O)CCNC(=O)OCC(F)(F)F)C1CCc2ccccc21. The molecule has 1 atom stereocenters. The first kappa shape index (κ1) is 18.1. The molecule has 0 radical (unpaired) electrons. The summed E-state index contributed by atoms with van der Waals surface area (Å²) in [6.07, 6.45) is -4.02. The Morgan fingerprint density at radius 2 is 2.04 bits per heavy atom. The molecule has 0 spiro atoms. The normalized spacial score (nSPS) is 16.4. The highest BCUT2D eigenvalue weighted by Gasteiger charge is 2.30. The molecule has 0 bridgehead atoms. The Labute approximate surface area is 137 Å². The number of carbonyl (C=O) groups is 2. The molecule has 0 saturated carbocycles. The van der Waals surface area contributed by atoms with E-state index in [1.807, 2.05) is 24.3 Å². The van der Waals surface area contributed by atoms with Gasteiger partial charge in [-0.25, -0.2) is 4.79 Å². The number of benzene rings is 1. The van der Waals surface area contributed by atoms with E-state index >= 15 is 0 Å². The number of carbonyl (C=O) groups excluding carboxylic acids is 2. The van der Waals surface area contributed by atoms with Crippen molar-refractivity contribution >= 4 is 12.0 Å². The molecule has 5 nitrogen and oxygen atoms in total. The van der Waals surface area contributed by atoms with E-state index in [0.29, 0.717) is 0 Å². The summed E-state index contributed by atoms with van der Waals surface area (Å²) in [7, 11) is 1.69. The number of hydrogen-bond donors (Lipinski definition) is 1. The van der Waals surface area contributed by atoms with Gasteiger partial charge in [-0.2, -0.15) is 13.2 Å². The van der Waals surface area contributed by atoms with Crippen molar-refractivity contribution in [3.05, 3.63) is 35.4 Å². The van der Waals surface area contributed by atoms with Gasteiger partial charge in [0.25, 0.3) is 0 Å². The average Bonchev–Trinajstić information content (AvgIpc) is 2.95. The van der Waals surface area contributed by atoms with E-state index in [0.717, 1.165) is 18.4 Å². The minimum Gasteiger partial charge on any atom is -0.440 e. The number of hydrogen-bond acceptors (Lipinski definition) is 3. The summed E-state index contributed by atoms with van der Waals surface area (Å²) in [5, 5.41) is 2.14. The van der Waals surface area contributed by atoms with Crippen LogP contribution < -0.4 is 5.32 Å². The van der Waals surface area contributed by atoms with Gasteiger partial charge < -0.3 is 15.0 Å². The molecular weight excluding hydrogens is 325 g/mol. The van der Waals surface area contributed by atoms with Crippen LogP contribution >= 0.6 is 0 Å². The Balaban J connectivity index is 1.76. The second kappa shape index (κ2) is 7.55. The van der Waals surface area contributed by atoms with Crippen LogP contribution in [0.25, 0.3) is 0 Å². The van der Waals surface area contributed by atoms with Crippen LogP contribution in [0.15, 0.2) is 24.3 Å². The Morgan fingerprint density at radius 1 is 1.33 bits per heavy atom. The minimum atomic E-state index is -4.57. The zero-order chi connectivity index (χ0) is 17.7. The maximum atomic E-state index is 12.2. The van der Waals surface area contributed by atoms with Crippen molar-refractivity contribution in [2.75, 3.05) is 20.2 Å². The smallest absolute Gasteiger partial charge is 0.422 e. The highest BCUT2D eigenvalue weighted by molar-refractivity contribution is 5.77. The van der Waals surface area contributed by atoms with Crippen LogP contribution in [-0.4, -0.2) is 43.3 Å². The number of nitrogens with one attached hydrogen (secondary N) is 1. The fourth-order valence-corrected chi connectivity index (χ4v) is 2.76. The zero-order valence-corrected chi connectivity index (χ0v) is 13.2. The third-order valence-corrected chi connectivity index (χ3v) is 3.94. The molecule has 0 aliphatic heterocycles. The molecule has 8 heteroatoms. The summed E-state index contributed by atoms with van der Waals surface area (Å²) < 4.78 is 39.7. The monoisotopic (exact) mass is 344 g/mol. The summed E-state index contributed by atoms with van der Waals surface area (Å²) in [6.45, 7) is -1.72. The highest BCUT2D eigenvalue weighted by Crippen LogP contribution is 2.34. The first-order valence-electron chi connectivity index (χ1n) is 7.59. The molecule has 2 amide bonds. The molecule has 1 aliphatic carbocycles. The fourth-order valence-electron chi connectivity index (χ4n) is 2.76. The van der Waals surface area contributed by atoms with Crippen molar-refractivity contribution in [2.24, 2.45) is 0 Å². The number of nitrogens with zero attached hydrogens (tertiary/aromatic N) is 1. The predicted octanol–water partition coefficient (Wildman–Crippen LogP) is 2.81. The first-order valence-corrected chi connectivity index (χ1v) is 7.59. The van der Waals surface area contributed by atoms with Crippen LogP contribution in [0.3, 0.4) is 0 Å². The number of alkyl carbamates (subject to hydrolysis) is 1. The van der Waals surface area contributed by atoms with E-state index in [1.54, 1.807) is 11.9 Å². The average molecular weight is 344 g/mol. The number of alkyl halides is 3. The number of aryl methyl sites for hydroxylation is 1. The van der Waals surface area contributed by atoms with Crippen molar-refractivity contribution in [1.29, 1.82) is 0 Å². The van der Waals surface area contributed by atoms with Gasteiger partial charge in [-0.15, -0.1) is 0 Å². The van der Waals surface area contributed by atoms with Gasteiger partial charge in [-0.1, -0.05) is 24.3 Å². The largest absolute Gasteiger partial charge is 0.440 e. The van der Waals surface area contributed by atoms with Crippen LogP contribution in [0.5, 0.6) is 0 Å². The molecule has 0 aromatic heterocycles. The maximum absolute atomic E-state index is 12.2. The minimum absolute atomic E-state index is 0.00369. The third kappa shape index (κ3) is 4.87. The molecule has 1 aromatic carbocycles. The molecule has 1 N–H and O–H groups in total. The van der Waals surface area contributed by atoms with Crippen molar-refractivity contribution < 1.29 is 27.5 Å². The zero-order valence-electron chi connectivity index (χ0n) is 13.2. The summed E-state index contributed by atoms with van der Waals surface area (Å²) in [5.41, 5.74) is 2.34. The summed E-state index contributed by atoms with van der Waals surface area (Å²) in [6, 6.07) is 7.90. The van der Waals surface area contributed by atoms with Gasteiger partial charge in [-0.05, 0) is 24.0 Å². The lowest BCUT2D eigenvalue weighted by atomic mass is 10.1. The number of ether oxygens (including phenoxy) is 1. The van der Waals surface area contributed by atoms with Gasteiger partial charge in [0.05, 0.1) is 6.04 Å². The molecule has 1 unspecified atom stereocenters. The quantitative estimate of drug-likeness (QED) is 0.894. The second-order valence-electron chi connectivity index (χ2n) is 5.63. The fraction of sp³-hybridized carbons (Fsp3) is 0.500. The van der Waals surface area contributed by atoms with Crippen molar-refractivity contribution in [2.45, 2.75) is 31.5 Å². The van der Waals surface area contributed by atoms with Gasteiger partial charge in [0.15, 0.2) is 6.61 Å². The van der Waals surface area contributed by atoms with Crippen molar-refractivity contribution in [3.8, 4) is 0 Å². The molecule has 0 saturated heterocycles. The lowest BCUT2D eigenvalue weighted by Crippen LogP contribution is -2.35. The van der Waals surface area contributed by atoms with E-state index in [9.17, 15) is 22.8 Å². The Kier molecular flexibility index (Phi) is 5.69. The van der Waals surface area contributed by atoms with E-state index in [2.05, 4.69) is 10.1 Å². The van der Waals surface area contributed by atoms with Crippen LogP contribution in [0.2, 0.25) is 0 Å². The molecular formula is C16H19F3N2O3. The van der Waals surface area contributed by atoms with E-state index < -0.39 is 18.9 Å². The second-order valence-corrected chi connectivity index (χ2v) is 5.63. The number of amides is 2. The molecule has 132 valence electrons. The number of halogens is 3. The molecule has 0 heterocycles.